The number of carbonyl (C=O) groups excluding carboxylic acids is 2. The van der Waals surface area contributed by atoms with Crippen LogP contribution in [0.2, 0.25) is 0 Å². The highest BCUT2D eigenvalue weighted by atomic mass is 16.5. The van der Waals surface area contributed by atoms with Crippen molar-refractivity contribution in [2.75, 3.05) is 13.2 Å². The van der Waals surface area contributed by atoms with E-state index in [1.165, 1.54) is 0 Å². The van der Waals surface area contributed by atoms with Gasteiger partial charge >= 0.3 is 12.1 Å². The molecular formula is C11H18N2O5. The minimum atomic E-state index is -0.922. The van der Waals surface area contributed by atoms with Crippen LogP contribution in [0.25, 0.3) is 0 Å². The molecule has 0 aromatic rings. The van der Waals surface area contributed by atoms with Gasteiger partial charge in [-0.05, 0) is 12.8 Å². The van der Waals surface area contributed by atoms with E-state index in [-0.39, 0.29) is 25.5 Å². The first-order chi connectivity index (χ1) is 8.46. The zero-order valence-corrected chi connectivity index (χ0v) is 10.1. The quantitative estimate of drug-likeness (QED) is 0.589. The molecule has 2 amide bonds. The number of rotatable bonds is 6. The van der Waals surface area contributed by atoms with E-state index < -0.39 is 17.5 Å². The predicted octanol–water partition coefficient (Wildman–Crippen LogP) is 0.233. The van der Waals surface area contributed by atoms with Crippen molar-refractivity contribution in [3.63, 3.8) is 0 Å². The lowest BCUT2D eigenvalue weighted by Gasteiger charge is -2.22. The van der Waals surface area contributed by atoms with Crippen molar-refractivity contribution >= 4 is 18.0 Å². The van der Waals surface area contributed by atoms with Crippen molar-refractivity contribution < 1.29 is 24.2 Å². The average molecular weight is 258 g/mol. The maximum absolute atomic E-state index is 11.6. The van der Waals surface area contributed by atoms with Gasteiger partial charge in [0.2, 0.25) is 5.91 Å². The summed E-state index contributed by atoms with van der Waals surface area (Å²) in [6.45, 7) is 0.124. The standard InChI is InChI=1S/C11H18N2O5/c12-10(17)18-6-5-13-8(14)7-11(9(15)16)3-1-2-4-11/h1-7H2,(H2,12,17)(H,13,14)(H,15,16). The van der Waals surface area contributed by atoms with Crippen LogP contribution in [0.3, 0.4) is 0 Å². The van der Waals surface area contributed by atoms with E-state index in [9.17, 15) is 19.5 Å². The second-order valence-electron chi connectivity index (χ2n) is 4.49. The van der Waals surface area contributed by atoms with Gasteiger partial charge in [-0.3, -0.25) is 9.59 Å². The number of carbonyl (C=O) groups is 3. The van der Waals surface area contributed by atoms with Crippen molar-refractivity contribution in [1.82, 2.24) is 5.32 Å². The molecule has 1 fully saturated rings. The van der Waals surface area contributed by atoms with Gasteiger partial charge in [0.05, 0.1) is 12.0 Å². The number of primary amides is 1. The highest BCUT2D eigenvalue weighted by Crippen LogP contribution is 2.41. The second-order valence-corrected chi connectivity index (χ2v) is 4.49. The largest absolute Gasteiger partial charge is 0.481 e. The van der Waals surface area contributed by atoms with Crippen molar-refractivity contribution in [2.24, 2.45) is 11.1 Å². The van der Waals surface area contributed by atoms with Gasteiger partial charge in [-0.15, -0.1) is 0 Å². The molecule has 1 aliphatic carbocycles. The molecule has 0 heterocycles. The Morgan fingerprint density at radius 2 is 1.89 bits per heavy atom. The normalized spacial score (nSPS) is 17.1. The van der Waals surface area contributed by atoms with E-state index in [0.29, 0.717) is 12.8 Å². The van der Waals surface area contributed by atoms with Crippen LogP contribution in [0.4, 0.5) is 4.79 Å². The van der Waals surface area contributed by atoms with Gasteiger partial charge in [-0.25, -0.2) is 4.79 Å². The van der Waals surface area contributed by atoms with E-state index in [1.807, 2.05) is 0 Å². The van der Waals surface area contributed by atoms with E-state index in [0.717, 1.165) is 12.8 Å². The fourth-order valence-electron chi connectivity index (χ4n) is 2.23. The molecule has 0 atom stereocenters. The number of carboxylic acid groups (broad SMARTS) is 1. The molecule has 102 valence electrons. The topological polar surface area (TPSA) is 119 Å². The van der Waals surface area contributed by atoms with Gasteiger partial charge in [0.1, 0.15) is 6.61 Å². The van der Waals surface area contributed by atoms with Gasteiger partial charge in [0, 0.05) is 6.42 Å². The number of hydrogen-bond donors (Lipinski definition) is 3. The van der Waals surface area contributed by atoms with E-state index >= 15 is 0 Å². The third kappa shape index (κ3) is 3.90. The summed E-state index contributed by atoms with van der Waals surface area (Å²) in [7, 11) is 0. The van der Waals surface area contributed by atoms with Crippen LogP contribution in [0, 0.1) is 5.41 Å². The molecule has 0 aromatic carbocycles. The summed E-state index contributed by atoms with van der Waals surface area (Å²) in [6.07, 6.45) is 1.82. The van der Waals surface area contributed by atoms with Crippen LogP contribution in [0.1, 0.15) is 32.1 Å². The summed E-state index contributed by atoms with van der Waals surface area (Å²) >= 11 is 0. The summed E-state index contributed by atoms with van der Waals surface area (Å²) in [6, 6.07) is 0. The minimum absolute atomic E-state index is 0.0128. The Morgan fingerprint density at radius 3 is 2.39 bits per heavy atom. The summed E-state index contributed by atoms with van der Waals surface area (Å²) < 4.78 is 4.44. The third-order valence-corrected chi connectivity index (χ3v) is 3.18. The second kappa shape index (κ2) is 6.23. The van der Waals surface area contributed by atoms with Gasteiger partial charge < -0.3 is 20.9 Å². The first kappa shape index (κ1) is 14.3. The first-order valence-corrected chi connectivity index (χ1v) is 5.89. The zero-order valence-electron chi connectivity index (χ0n) is 10.1. The third-order valence-electron chi connectivity index (χ3n) is 3.18. The lowest BCUT2D eigenvalue weighted by molar-refractivity contribution is -0.151. The lowest BCUT2D eigenvalue weighted by Crippen LogP contribution is -2.37. The molecule has 7 nitrogen and oxygen atoms in total. The Kier molecular flexibility index (Phi) is 4.94. The van der Waals surface area contributed by atoms with Gasteiger partial charge in [-0.2, -0.15) is 0 Å². The molecule has 0 aromatic heterocycles. The molecular weight excluding hydrogens is 240 g/mol. The van der Waals surface area contributed by atoms with Crippen LogP contribution in [-0.4, -0.2) is 36.2 Å². The summed E-state index contributed by atoms with van der Waals surface area (Å²) in [4.78, 5) is 33.1. The number of aliphatic carboxylic acids is 1. The van der Waals surface area contributed by atoms with Crippen LogP contribution < -0.4 is 11.1 Å². The van der Waals surface area contributed by atoms with Crippen LogP contribution in [0.15, 0.2) is 0 Å². The van der Waals surface area contributed by atoms with Crippen LogP contribution in [-0.2, 0) is 14.3 Å². The van der Waals surface area contributed by atoms with E-state index in [4.69, 9.17) is 5.73 Å². The molecule has 18 heavy (non-hydrogen) atoms. The number of nitrogens with two attached hydrogens (primary N) is 1. The number of hydrogen-bond acceptors (Lipinski definition) is 4. The predicted molar refractivity (Wildman–Crippen MR) is 61.7 cm³/mol. The van der Waals surface area contributed by atoms with E-state index in [1.54, 1.807) is 0 Å². The Balaban J connectivity index is 2.34. The Labute approximate surface area is 105 Å². The van der Waals surface area contributed by atoms with Crippen molar-refractivity contribution in [2.45, 2.75) is 32.1 Å². The maximum Gasteiger partial charge on any atom is 0.404 e. The monoisotopic (exact) mass is 258 g/mol. The highest BCUT2D eigenvalue weighted by Gasteiger charge is 2.42. The van der Waals surface area contributed by atoms with Crippen molar-refractivity contribution in [1.29, 1.82) is 0 Å². The summed E-state index contributed by atoms with van der Waals surface area (Å²) in [5.41, 5.74) is 3.83. The number of amides is 2. The Hall–Kier alpha value is -1.79. The summed E-state index contributed by atoms with van der Waals surface area (Å²) in [5, 5.41) is 11.7. The Morgan fingerprint density at radius 1 is 1.28 bits per heavy atom. The smallest absolute Gasteiger partial charge is 0.404 e. The number of ether oxygens (including phenoxy) is 1. The number of nitrogens with one attached hydrogen (secondary N) is 1. The number of carboxylic acids is 1. The molecule has 4 N–H and O–H groups in total. The molecule has 0 saturated heterocycles. The molecule has 1 aliphatic rings. The van der Waals surface area contributed by atoms with E-state index in [2.05, 4.69) is 10.1 Å². The lowest BCUT2D eigenvalue weighted by atomic mass is 9.82. The summed E-state index contributed by atoms with van der Waals surface area (Å²) in [5.74, 6) is -1.25. The van der Waals surface area contributed by atoms with Crippen LogP contribution >= 0.6 is 0 Å². The minimum Gasteiger partial charge on any atom is -0.481 e. The fourth-order valence-corrected chi connectivity index (χ4v) is 2.23. The molecule has 0 unspecified atom stereocenters. The SMILES string of the molecule is NC(=O)OCCNC(=O)CC1(C(=O)O)CCCC1. The van der Waals surface area contributed by atoms with Gasteiger partial charge in [-0.1, -0.05) is 12.8 Å². The molecule has 1 saturated carbocycles. The average Bonchev–Trinajstić information content (AvgIpc) is 2.74. The van der Waals surface area contributed by atoms with Crippen LogP contribution in [0.5, 0.6) is 0 Å². The van der Waals surface area contributed by atoms with Gasteiger partial charge in [0.15, 0.2) is 0 Å². The zero-order chi connectivity index (χ0) is 13.6. The highest BCUT2D eigenvalue weighted by molar-refractivity contribution is 5.85. The maximum atomic E-state index is 11.6. The first-order valence-electron chi connectivity index (χ1n) is 5.89. The van der Waals surface area contributed by atoms with Crippen molar-refractivity contribution in [3.05, 3.63) is 0 Å². The molecule has 7 heteroatoms. The van der Waals surface area contributed by atoms with Crippen molar-refractivity contribution in [3.8, 4) is 0 Å². The molecule has 0 bridgehead atoms. The fraction of sp³-hybridized carbons (Fsp3) is 0.727. The molecule has 0 aliphatic heterocycles. The Bertz CT molecular complexity index is 336. The molecule has 0 radical (unpaired) electrons. The van der Waals surface area contributed by atoms with Gasteiger partial charge in [0.25, 0.3) is 0 Å². The molecule has 1 rings (SSSR count). The molecule has 0 spiro atoms.